The number of carbonyl (C=O) groups is 2. The summed E-state index contributed by atoms with van der Waals surface area (Å²) in [5.74, 6) is -0.262. The third kappa shape index (κ3) is 5.57. The highest BCUT2D eigenvalue weighted by atomic mass is 35.5. The van der Waals surface area contributed by atoms with Crippen LogP contribution in [-0.4, -0.2) is 27.8 Å². The maximum Gasteiger partial charge on any atom is 0.277 e. The molecular weight excluding hydrogens is 414 g/mol. The van der Waals surface area contributed by atoms with Crippen LogP contribution in [0.25, 0.3) is 11.5 Å². The van der Waals surface area contributed by atoms with Crippen LogP contribution in [0.2, 0.25) is 5.02 Å². The fourth-order valence-electron chi connectivity index (χ4n) is 2.35. The first kappa shape index (κ1) is 20.4. The highest BCUT2D eigenvalue weighted by molar-refractivity contribution is 7.99. The number of aromatic nitrogens is 2. The molecule has 2 amide bonds. The molecule has 146 valence electrons. The van der Waals surface area contributed by atoms with Gasteiger partial charge in [0.25, 0.3) is 5.22 Å². The van der Waals surface area contributed by atoms with Gasteiger partial charge in [-0.05, 0) is 36.4 Å². The molecule has 10 heteroatoms. The number of thioether (sulfide) groups is 1. The fraction of sp³-hybridized carbons (Fsp3) is 0.105. The van der Waals surface area contributed by atoms with E-state index in [2.05, 4.69) is 20.8 Å². The Hall–Kier alpha value is -3.35. The van der Waals surface area contributed by atoms with Gasteiger partial charge in [-0.15, -0.1) is 10.2 Å². The van der Waals surface area contributed by atoms with Crippen LogP contribution < -0.4 is 10.6 Å². The Bertz CT molecular complexity index is 1110. The largest absolute Gasteiger partial charge is 0.411 e. The zero-order valence-corrected chi connectivity index (χ0v) is 16.7. The first-order chi connectivity index (χ1) is 13.9. The number of anilines is 2. The minimum atomic E-state index is -0.346. The fourth-order valence-corrected chi connectivity index (χ4v) is 3.08. The molecule has 0 unspecified atom stereocenters. The molecule has 0 spiro atoms. The second-order valence-electron chi connectivity index (χ2n) is 5.77. The molecule has 0 fully saturated rings. The van der Waals surface area contributed by atoms with Crippen molar-refractivity contribution < 1.29 is 14.0 Å². The standard InChI is InChI=1S/C19H14ClN5O3S/c1-11(26)22-15-4-2-3-12(7-15)18-24-25-19(28-18)29-10-17(27)23-16-8-14(20)6-5-13(16)9-21/h2-8H,10H2,1H3,(H,22,26)(H,23,27). The number of amides is 2. The Morgan fingerprint density at radius 2 is 2.03 bits per heavy atom. The summed E-state index contributed by atoms with van der Waals surface area (Å²) in [6.45, 7) is 1.42. The van der Waals surface area contributed by atoms with Gasteiger partial charge < -0.3 is 15.1 Å². The van der Waals surface area contributed by atoms with Gasteiger partial charge in [0.2, 0.25) is 17.7 Å². The molecule has 3 aromatic rings. The van der Waals surface area contributed by atoms with Crippen molar-refractivity contribution in [1.82, 2.24) is 10.2 Å². The van der Waals surface area contributed by atoms with E-state index in [0.717, 1.165) is 11.8 Å². The minimum Gasteiger partial charge on any atom is -0.411 e. The lowest BCUT2D eigenvalue weighted by Crippen LogP contribution is -2.15. The van der Waals surface area contributed by atoms with Gasteiger partial charge in [0.05, 0.1) is 17.0 Å². The third-order valence-electron chi connectivity index (χ3n) is 3.54. The Balaban J connectivity index is 1.62. The van der Waals surface area contributed by atoms with Crippen LogP contribution in [0.4, 0.5) is 11.4 Å². The van der Waals surface area contributed by atoms with Gasteiger partial charge in [-0.25, -0.2) is 0 Å². The molecule has 1 aromatic heterocycles. The number of carbonyl (C=O) groups excluding carboxylic acids is 2. The lowest BCUT2D eigenvalue weighted by Gasteiger charge is -2.06. The van der Waals surface area contributed by atoms with E-state index in [1.54, 1.807) is 30.3 Å². The smallest absolute Gasteiger partial charge is 0.277 e. The van der Waals surface area contributed by atoms with Crippen LogP contribution in [-0.2, 0) is 9.59 Å². The van der Waals surface area contributed by atoms with Crippen LogP contribution in [0.3, 0.4) is 0 Å². The molecule has 0 bridgehead atoms. The van der Waals surface area contributed by atoms with Crippen molar-refractivity contribution in [3.05, 3.63) is 53.1 Å². The van der Waals surface area contributed by atoms with Crippen molar-refractivity contribution in [3.63, 3.8) is 0 Å². The summed E-state index contributed by atoms with van der Waals surface area (Å²) in [6.07, 6.45) is 0. The van der Waals surface area contributed by atoms with Gasteiger partial charge in [0.15, 0.2) is 0 Å². The average molecular weight is 428 g/mol. The molecule has 0 aliphatic carbocycles. The van der Waals surface area contributed by atoms with Gasteiger partial charge in [-0.2, -0.15) is 5.26 Å². The minimum absolute atomic E-state index is 0.00491. The molecule has 2 aromatic carbocycles. The predicted octanol–water partition coefficient (Wildman–Crippen LogP) is 3.95. The van der Waals surface area contributed by atoms with Crippen LogP contribution in [0, 0.1) is 11.3 Å². The van der Waals surface area contributed by atoms with E-state index in [9.17, 15) is 9.59 Å². The zero-order valence-electron chi connectivity index (χ0n) is 15.1. The van der Waals surface area contributed by atoms with Crippen LogP contribution >= 0.6 is 23.4 Å². The van der Waals surface area contributed by atoms with Crippen molar-refractivity contribution in [2.75, 3.05) is 16.4 Å². The Morgan fingerprint density at radius 1 is 1.21 bits per heavy atom. The van der Waals surface area contributed by atoms with Gasteiger partial charge in [-0.3, -0.25) is 9.59 Å². The lowest BCUT2D eigenvalue weighted by atomic mass is 10.2. The molecule has 2 N–H and O–H groups in total. The number of hydrogen-bond acceptors (Lipinski definition) is 7. The molecule has 0 aliphatic rings. The van der Waals surface area contributed by atoms with E-state index in [-0.39, 0.29) is 28.7 Å². The molecule has 8 nitrogen and oxygen atoms in total. The van der Waals surface area contributed by atoms with E-state index in [0.29, 0.717) is 27.5 Å². The molecule has 0 atom stereocenters. The average Bonchev–Trinajstić information content (AvgIpc) is 3.15. The van der Waals surface area contributed by atoms with Crippen LogP contribution in [0.1, 0.15) is 12.5 Å². The summed E-state index contributed by atoms with van der Waals surface area (Å²) in [4.78, 5) is 23.4. The number of rotatable bonds is 6. The number of benzene rings is 2. The highest BCUT2D eigenvalue weighted by Crippen LogP contribution is 2.26. The van der Waals surface area contributed by atoms with E-state index < -0.39 is 0 Å². The van der Waals surface area contributed by atoms with Crippen molar-refractivity contribution in [3.8, 4) is 17.5 Å². The van der Waals surface area contributed by atoms with Gasteiger partial charge in [0, 0.05) is 23.2 Å². The first-order valence-electron chi connectivity index (χ1n) is 8.28. The van der Waals surface area contributed by atoms with Crippen LogP contribution in [0.15, 0.2) is 52.1 Å². The first-order valence-corrected chi connectivity index (χ1v) is 9.65. The maximum absolute atomic E-state index is 12.2. The van der Waals surface area contributed by atoms with Crippen molar-refractivity contribution >= 4 is 46.6 Å². The van der Waals surface area contributed by atoms with E-state index in [1.165, 1.54) is 19.1 Å². The quantitative estimate of drug-likeness (QED) is 0.571. The summed E-state index contributed by atoms with van der Waals surface area (Å²) in [5.41, 5.74) is 1.90. The normalized spacial score (nSPS) is 10.2. The van der Waals surface area contributed by atoms with Crippen molar-refractivity contribution in [1.29, 1.82) is 5.26 Å². The van der Waals surface area contributed by atoms with Crippen molar-refractivity contribution in [2.24, 2.45) is 0 Å². The van der Waals surface area contributed by atoms with Crippen molar-refractivity contribution in [2.45, 2.75) is 12.1 Å². The molecule has 29 heavy (non-hydrogen) atoms. The summed E-state index contributed by atoms with van der Waals surface area (Å²) >= 11 is 6.97. The van der Waals surface area contributed by atoms with Gasteiger partial charge in [0.1, 0.15) is 6.07 Å². The molecule has 0 saturated carbocycles. The summed E-state index contributed by atoms with van der Waals surface area (Å²) in [5, 5.41) is 22.9. The number of nitriles is 1. The number of nitrogens with one attached hydrogen (secondary N) is 2. The maximum atomic E-state index is 12.2. The monoisotopic (exact) mass is 427 g/mol. The third-order valence-corrected chi connectivity index (χ3v) is 4.59. The summed E-state index contributed by atoms with van der Waals surface area (Å²) in [7, 11) is 0. The molecule has 0 radical (unpaired) electrons. The number of hydrogen-bond donors (Lipinski definition) is 2. The predicted molar refractivity (Wildman–Crippen MR) is 110 cm³/mol. The summed E-state index contributed by atoms with van der Waals surface area (Å²) in [6, 6.07) is 13.6. The Labute approximate surface area is 175 Å². The van der Waals surface area contributed by atoms with E-state index in [1.807, 2.05) is 6.07 Å². The second-order valence-corrected chi connectivity index (χ2v) is 7.14. The Morgan fingerprint density at radius 3 is 2.79 bits per heavy atom. The van der Waals surface area contributed by atoms with E-state index in [4.69, 9.17) is 21.3 Å². The zero-order chi connectivity index (χ0) is 20.8. The summed E-state index contributed by atoms with van der Waals surface area (Å²) < 4.78 is 5.57. The van der Waals surface area contributed by atoms with Gasteiger partial charge >= 0.3 is 0 Å². The molecule has 1 heterocycles. The lowest BCUT2D eigenvalue weighted by molar-refractivity contribution is -0.114. The Kier molecular flexibility index (Phi) is 6.49. The topological polar surface area (TPSA) is 121 Å². The van der Waals surface area contributed by atoms with Gasteiger partial charge in [-0.1, -0.05) is 29.4 Å². The molecular formula is C19H14ClN5O3S. The molecule has 0 aliphatic heterocycles. The molecule has 3 rings (SSSR count). The highest BCUT2D eigenvalue weighted by Gasteiger charge is 2.13. The second kappa shape index (κ2) is 9.23. The molecule has 0 saturated heterocycles. The van der Waals surface area contributed by atoms with Crippen LogP contribution in [0.5, 0.6) is 0 Å². The number of nitrogens with zero attached hydrogens (tertiary/aromatic N) is 3. The SMILES string of the molecule is CC(=O)Nc1cccc(-c2nnc(SCC(=O)Nc3cc(Cl)ccc3C#N)o2)c1. The van der Waals surface area contributed by atoms with E-state index >= 15 is 0 Å². The number of halogens is 1.